The minimum atomic E-state index is -0.894. The minimum Gasteiger partial charge on any atom is -0.383 e. The third-order valence-corrected chi connectivity index (χ3v) is 2.75. The van der Waals surface area contributed by atoms with E-state index >= 15 is 0 Å². The van der Waals surface area contributed by atoms with E-state index in [1.807, 2.05) is 0 Å². The Hall–Kier alpha value is -2.18. The summed E-state index contributed by atoms with van der Waals surface area (Å²) < 4.78 is 0. The van der Waals surface area contributed by atoms with E-state index in [0.29, 0.717) is 0 Å². The summed E-state index contributed by atoms with van der Waals surface area (Å²) in [6.45, 7) is 0. The van der Waals surface area contributed by atoms with Gasteiger partial charge in [0.15, 0.2) is 0 Å². The number of nitrogens with zero attached hydrogens (tertiary/aromatic N) is 1. The minimum absolute atomic E-state index is 0.127. The number of carbonyl (C=O) groups is 4. The number of likely N-dealkylation sites (N-methyl/N-ethyl adjacent to an activating group) is 1. The van der Waals surface area contributed by atoms with Crippen LogP contribution in [0.4, 0.5) is 0 Å². The predicted octanol–water partition coefficient (Wildman–Crippen LogP) is -1.74. The molecule has 0 bridgehead atoms. The van der Waals surface area contributed by atoms with Gasteiger partial charge in [-0.05, 0) is 6.42 Å². The Morgan fingerprint density at radius 2 is 2.06 bits per heavy atom. The quantitative estimate of drug-likeness (QED) is 0.556. The van der Waals surface area contributed by atoms with E-state index in [4.69, 9.17) is 0 Å². The van der Waals surface area contributed by atoms with Gasteiger partial charge in [0.2, 0.25) is 11.8 Å². The molecule has 1 saturated heterocycles. The highest BCUT2D eigenvalue weighted by atomic mass is 16.2. The van der Waals surface area contributed by atoms with Gasteiger partial charge in [-0.2, -0.15) is 0 Å². The number of piperidine rings is 1. The van der Waals surface area contributed by atoms with Gasteiger partial charge in [-0.25, -0.2) is 0 Å². The normalized spacial score (nSPS) is 24.9. The molecule has 1 atom stereocenters. The number of carbonyl (C=O) groups excluding carboxylic acids is 4. The Morgan fingerprint density at radius 1 is 1.35 bits per heavy atom. The Labute approximate surface area is 96.8 Å². The average molecular weight is 237 g/mol. The van der Waals surface area contributed by atoms with Crippen molar-refractivity contribution in [2.75, 3.05) is 7.05 Å². The van der Waals surface area contributed by atoms with Crippen molar-refractivity contribution >= 4 is 23.6 Å². The SMILES string of the molecule is CNC1=CC(=O)N(C2CCC(=O)NC2=O)C1=O. The average Bonchev–Trinajstić information content (AvgIpc) is 2.55. The van der Waals surface area contributed by atoms with Crippen LogP contribution in [0.2, 0.25) is 0 Å². The van der Waals surface area contributed by atoms with Crippen molar-refractivity contribution in [1.82, 2.24) is 15.5 Å². The molecule has 0 aromatic rings. The molecule has 2 aliphatic heterocycles. The molecule has 2 rings (SSSR count). The van der Waals surface area contributed by atoms with Crippen LogP contribution >= 0.6 is 0 Å². The number of hydrogen-bond donors (Lipinski definition) is 2. The topological polar surface area (TPSA) is 95.6 Å². The zero-order chi connectivity index (χ0) is 12.6. The molecule has 0 aliphatic carbocycles. The molecule has 1 unspecified atom stereocenters. The second-order valence-electron chi connectivity index (χ2n) is 3.79. The molecule has 0 aromatic heterocycles. The fraction of sp³-hybridized carbons (Fsp3) is 0.400. The van der Waals surface area contributed by atoms with Gasteiger partial charge in [0.25, 0.3) is 11.8 Å². The van der Waals surface area contributed by atoms with Gasteiger partial charge >= 0.3 is 0 Å². The molecular formula is C10H11N3O4. The Bertz CT molecular complexity index is 454. The largest absolute Gasteiger partial charge is 0.383 e. The molecule has 17 heavy (non-hydrogen) atoms. The molecule has 4 amide bonds. The maximum Gasteiger partial charge on any atom is 0.277 e. The second-order valence-corrected chi connectivity index (χ2v) is 3.79. The molecule has 2 N–H and O–H groups in total. The van der Waals surface area contributed by atoms with Gasteiger partial charge in [-0.15, -0.1) is 0 Å². The fourth-order valence-corrected chi connectivity index (χ4v) is 1.89. The van der Waals surface area contributed by atoms with Crippen molar-refractivity contribution in [2.24, 2.45) is 0 Å². The zero-order valence-corrected chi connectivity index (χ0v) is 9.15. The Kier molecular flexibility index (Phi) is 2.66. The molecule has 90 valence electrons. The third-order valence-electron chi connectivity index (χ3n) is 2.75. The maximum atomic E-state index is 11.8. The molecule has 0 radical (unpaired) electrons. The number of rotatable bonds is 2. The Morgan fingerprint density at radius 3 is 2.59 bits per heavy atom. The molecule has 7 nitrogen and oxygen atoms in total. The van der Waals surface area contributed by atoms with Crippen molar-refractivity contribution in [1.29, 1.82) is 0 Å². The molecule has 1 fully saturated rings. The highest BCUT2D eigenvalue weighted by Gasteiger charge is 2.41. The van der Waals surface area contributed by atoms with Crippen LogP contribution in [0.1, 0.15) is 12.8 Å². The number of hydrogen-bond acceptors (Lipinski definition) is 5. The van der Waals surface area contributed by atoms with Gasteiger partial charge in [-0.3, -0.25) is 29.4 Å². The van der Waals surface area contributed by atoms with Crippen LogP contribution in [0.25, 0.3) is 0 Å². The summed E-state index contributed by atoms with van der Waals surface area (Å²) in [6.07, 6.45) is 1.45. The van der Waals surface area contributed by atoms with Crippen LogP contribution in [0.15, 0.2) is 11.8 Å². The number of nitrogens with one attached hydrogen (secondary N) is 2. The van der Waals surface area contributed by atoms with Crippen LogP contribution in [0.3, 0.4) is 0 Å². The van der Waals surface area contributed by atoms with Gasteiger partial charge in [0, 0.05) is 19.5 Å². The van der Waals surface area contributed by atoms with E-state index in [-0.39, 0.29) is 24.4 Å². The lowest BCUT2D eigenvalue weighted by Gasteiger charge is -2.28. The van der Waals surface area contributed by atoms with Gasteiger partial charge in [0.05, 0.1) is 0 Å². The van der Waals surface area contributed by atoms with Crippen LogP contribution in [0, 0.1) is 0 Å². The van der Waals surface area contributed by atoms with Gasteiger partial charge in [0.1, 0.15) is 11.7 Å². The zero-order valence-electron chi connectivity index (χ0n) is 9.15. The summed E-state index contributed by atoms with van der Waals surface area (Å²) in [5.74, 6) is -2.05. The first-order valence-electron chi connectivity index (χ1n) is 5.15. The summed E-state index contributed by atoms with van der Waals surface area (Å²) in [5, 5.41) is 4.70. The van der Waals surface area contributed by atoms with Crippen molar-refractivity contribution in [3.63, 3.8) is 0 Å². The van der Waals surface area contributed by atoms with Crippen molar-refractivity contribution in [3.05, 3.63) is 11.8 Å². The lowest BCUT2D eigenvalue weighted by molar-refractivity contribution is -0.149. The van der Waals surface area contributed by atoms with E-state index in [2.05, 4.69) is 10.6 Å². The van der Waals surface area contributed by atoms with Gasteiger partial charge in [-0.1, -0.05) is 0 Å². The molecule has 2 aliphatic rings. The van der Waals surface area contributed by atoms with Crippen molar-refractivity contribution in [2.45, 2.75) is 18.9 Å². The number of imide groups is 2. The summed E-state index contributed by atoms with van der Waals surface area (Å²) >= 11 is 0. The van der Waals surface area contributed by atoms with Crippen LogP contribution < -0.4 is 10.6 Å². The second kappa shape index (κ2) is 4.00. The van der Waals surface area contributed by atoms with E-state index < -0.39 is 23.8 Å². The van der Waals surface area contributed by atoms with Crippen LogP contribution in [-0.4, -0.2) is 41.6 Å². The van der Waals surface area contributed by atoms with Crippen molar-refractivity contribution < 1.29 is 19.2 Å². The summed E-state index contributed by atoms with van der Waals surface area (Å²) in [5.41, 5.74) is 0.153. The smallest absolute Gasteiger partial charge is 0.277 e. The summed E-state index contributed by atoms with van der Waals surface area (Å²) in [4.78, 5) is 46.8. The molecule has 0 saturated carbocycles. The van der Waals surface area contributed by atoms with E-state index in [0.717, 1.165) is 11.0 Å². The first-order valence-corrected chi connectivity index (χ1v) is 5.15. The first-order chi connectivity index (χ1) is 8.04. The molecule has 0 spiro atoms. The van der Waals surface area contributed by atoms with Crippen LogP contribution in [0.5, 0.6) is 0 Å². The van der Waals surface area contributed by atoms with E-state index in [9.17, 15) is 19.2 Å². The van der Waals surface area contributed by atoms with Crippen LogP contribution in [-0.2, 0) is 19.2 Å². The lowest BCUT2D eigenvalue weighted by Crippen LogP contribution is -2.54. The monoisotopic (exact) mass is 237 g/mol. The lowest BCUT2D eigenvalue weighted by atomic mass is 10.0. The molecule has 7 heteroatoms. The molecule has 0 aromatic carbocycles. The Balaban J connectivity index is 2.20. The fourth-order valence-electron chi connectivity index (χ4n) is 1.89. The number of amides is 4. The molecular weight excluding hydrogens is 226 g/mol. The van der Waals surface area contributed by atoms with E-state index in [1.54, 1.807) is 0 Å². The standard InChI is InChI=1S/C10H11N3O4/c1-11-5-4-8(15)13(10(5)17)6-2-3-7(14)12-9(6)16/h4,6,11H,2-3H2,1H3,(H,12,14,16). The third kappa shape index (κ3) is 1.79. The molecule has 2 heterocycles. The highest BCUT2D eigenvalue weighted by molar-refractivity contribution is 6.18. The summed E-state index contributed by atoms with van der Waals surface area (Å²) in [7, 11) is 1.52. The highest BCUT2D eigenvalue weighted by Crippen LogP contribution is 2.19. The van der Waals surface area contributed by atoms with E-state index in [1.165, 1.54) is 7.05 Å². The summed E-state index contributed by atoms with van der Waals surface area (Å²) in [6, 6.07) is -0.894. The van der Waals surface area contributed by atoms with Crippen molar-refractivity contribution in [3.8, 4) is 0 Å². The first kappa shape index (κ1) is 11.3. The predicted molar refractivity (Wildman–Crippen MR) is 55.2 cm³/mol. The van der Waals surface area contributed by atoms with Gasteiger partial charge < -0.3 is 5.32 Å². The maximum absolute atomic E-state index is 11.8.